The molecule has 2 aromatic carbocycles. The van der Waals surface area contributed by atoms with Crippen molar-refractivity contribution in [3.8, 4) is 5.75 Å². The molecule has 1 atom stereocenters. The molecule has 0 aliphatic rings. The lowest BCUT2D eigenvalue weighted by atomic mass is 10.0. The van der Waals surface area contributed by atoms with E-state index >= 15 is 0 Å². The second kappa shape index (κ2) is 7.45. The summed E-state index contributed by atoms with van der Waals surface area (Å²) >= 11 is 0. The van der Waals surface area contributed by atoms with Gasteiger partial charge in [0.2, 0.25) is 5.91 Å². The fraction of sp³-hybridized carbons (Fsp3) is 0.222. The molecular formula is C18H19NO4. The molecular weight excluding hydrogens is 294 g/mol. The number of benzene rings is 2. The second-order valence-corrected chi connectivity index (χ2v) is 5.13. The molecule has 0 heterocycles. The maximum Gasteiger partial charge on any atom is 0.329 e. The summed E-state index contributed by atoms with van der Waals surface area (Å²) in [5, 5.41) is 9.37. The van der Waals surface area contributed by atoms with Gasteiger partial charge in [0.15, 0.2) is 0 Å². The highest BCUT2D eigenvalue weighted by Crippen LogP contribution is 2.21. The molecule has 0 aliphatic heterocycles. The van der Waals surface area contributed by atoms with Gasteiger partial charge in [-0.1, -0.05) is 30.3 Å². The van der Waals surface area contributed by atoms with Gasteiger partial charge in [0.1, 0.15) is 11.8 Å². The van der Waals surface area contributed by atoms with Crippen molar-refractivity contribution >= 4 is 17.6 Å². The first-order chi connectivity index (χ1) is 11.0. The number of methoxy groups -OCH3 is 1. The Kier molecular flexibility index (Phi) is 5.36. The standard InChI is InChI=1S/C18H19NO4/c1-13(20)19(15-6-4-3-5-7-15)17(18(22)23-2)12-14-8-10-16(21)11-9-14/h3-11,17,21H,12H2,1-2H3. The molecule has 1 N–H and O–H groups in total. The molecule has 1 unspecified atom stereocenters. The summed E-state index contributed by atoms with van der Waals surface area (Å²) in [4.78, 5) is 25.8. The monoisotopic (exact) mass is 313 g/mol. The summed E-state index contributed by atoms with van der Waals surface area (Å²) in [5.74, 6) is -0.586. The van der Waals surface area contributed by atoms with Crippen LogP contribution in [0.25, 0.3) is 0 Å². The molecule has 1 amide bonds. The lowest BCUT2D eigenvalue weighted by Gasteiger charge is -2.29. The molecule has 5 nitrogen and oxygen atoms in total. The highest BCUT2D eigenvalue weighted by molar-refractivity contribution is 5.98. The van der Waals surface area contributed by atoms with Crippen LogP contribution in [0.3, 0.4) is 0 Å². The second-order valence-electron chi connectivity index (χ2n) is 5.13. The molecule has 0 radical (unpaired) electrons. The summed E-state index contributed by atoms with van der Waals surface area (Å²) in [5.41, 5.74) is 1.45. The SMILES string of the molecule is COC(=O)C(Cc1ccc(O)cc1)N(C(C)=O)c1ccccc1. The van der Waals surface area contributed by atoms with Crippen LogP contribution in [0.5, 0.6) is 5.75 Å². The number of phenols is 1. The molecule has 0 bridgehead atoms. The van der Waals surface area contributed by atoms with Crippen molar-refractivity contribution in [1.29, 1.82) is 0 Å². The third-order valence-electron chi connectivity index (χ3n) is 3.52. The van der Waals surface area contributed by atoms with Crippen molar-refractivity contribution in [2.24, 2.45) is 0 Å². The average molecular weight is 313 g/mol. The molecule has 5 heteroatoms. The predicted octanol–water partition coefficient (Wildman–Crippen LogP) is 2.53. The van der Waals surface area contributed by atoms with Crippen molar-refractivity contribution in [2.45, 2.75) is 19.4 Å². The molecule has 2 aromatic rings. The zero-order valence-electron chi connectivity index (χ0n) is 13.1. The van der Waals surface area contributed by atoms with E-state index in [2.05, 4.69) is 0 Å². The Labute approximate surface area is 135 Å². The number of nitrogens with zero attached hydrogens (tertiary/aromatic N) is 1. The van der Waals surface area contributed by atoms with Crippen LogP contribution in [-0.2, 0) is 20.7 Å². The first-order valence-corrected chi connectivity index (χ1v) is 7.23. The van der Waals surface area contributed by atoms with Gasteiger partial charge in [0, 0.05) is 19.0 Å². The van der Waals surface area contributed by atoms with Gasteiger partial charge in [-0.3, -0.25) is 9.69 Å². The maximum absolute atomic E-state index is 12.2. The number of hydrogen-bond acceptors (Lipinski definition) is 4. The number of carbonyl (C=O) groups excluding carboxylic acids is 2. The fourth-order valence-electron chi connectivity index (χ4n) is 2.44. The van der Waals surface area contributed by atoms with Crippen molar-refractivity contribution in [3.63, 3.8) is 0 Å². The predicted molar refractivity (Wildman–Crippen MR) is 87.2 cm³/mol. The topological polar surface area (TPSA) is 66.8 Å². The van der Waals surface area contributed by atoms with Crippen LogP contribution in [0.4, 0.5) is 5.69 Å². The van der Waals surface area contributed by atoms with Crippen molar-refractivity contribution in [1.82, 2.24) is 0 Å². The molecule has 0 saturated carbocycles. The largest absolute Gasteiger partial charge is 0.508 e. The van der Waals surface area contributed by atoms with E-state index in [4.69, 9.17) is 4.74 Å². The fourth-order valence-corrected chi connectivity index (χ4v) is 2.44. The Morgan fingerprint density at radius 1 is 1.09 bits per heavy atom. The summed E-state index contributed by atoms with van der Waals surface area (Å²) in [7, 11) is 1.30. The van der Waals surface area contributed by atoms with Crippen molar-refractivity contribution < 1.29 is 19.4 Å². The number of hydrogen-bond donors (Lipinski definition) is 1. The van der Waals surface area contributed by atoms with Crippen molar-refractivity contribution in [2.75, 3.05) is 12.0 Å². The summed E-state index contributed by atoms with van der Waals surface area (Å²) < 4.78 is 4.88. The Morgan fingerprint density at radius 2 is 1.70 bits per heavy atom. The molecule has 0 saturated heterocycles. The zero-order valence-corrected chi connectivity index (χ0v) is 13.1. The van der Waals surface area contributed by atoms with Gasteiger partial charge in [0.05, 0.1) is 7.11 Å². The first-order valence-electron chi connectivity index (χ1n) is 7.23. The van der Waals surface area contributed by atoms with E-state index in [1.807, 2.05) is 6.07 Å². The van der Waals surface area contributed by atoms with Gasteiger partial charge in [0.25, 0.3) is 0 Å². The van der Waals surface area contributed by atoms with E-state index in [0.717, 1.165) is 5.56 Å². The van der Waals surface area contributed by atoms with Crippen LogP contribution < -0.4 is 4.90 Å². The molecule has 23 heavy (non-hydrogen) atoms. The molecule has 120 valence electrons. The lowest BCUT2D eigenvalue weighted by Crippen LogP contribution is -2.46. The number of ether oxygens (including phenoxy) is 1. The summed E-state index contributed by atoms with van der Waals surface area (Å²) in [6.45, 7) is 1.42. The molecule has 0 spiro atoms. The van der Waals surface area contributed by atoms with Crippen LogP contribution in [0, 0.1) is 0 Å². The molecule has 0 aliphatic carbocycles. The minimum absolute atomic E-state index is 0.148. The van der Waals surface area contributed by atoms with Crippen LogP contribution in [0.1, 0.15) is 12.5 Å². The molecule has 0 fully saturated rings. The Morgan fingerprint density at radius 3 is 2.22 bits per heavy atom. The first kappa shape index (κ1) is 16.5. The quantitative estimate of drug-likeness (QED) is 0.861. The number of para-hydroxylation sites is 1. The molecule has 0 aromatic heterocycles. The number of anilines is 1. The Bertz CT molecular complexity index is 667. The van der Waals surface area contributed by atoms with Gasteiger partial charge < -0.3 is 9.84 Å². The van der Waals surface area contributed by atoms with E-state index in [1.165, 1.54) is 18.9 Å². The smallest absolute Gasteiger partial charge is 0.329 e. The van der Waals surface area contributed by atoms with Gasteiger partial charge in [-0.2, -0.15) is 0 Å². The van der Waals surface area contributed by atoms with Gasteiger partial charge in [-0.05, 0) is 29.8 Å². The third kappa shape index (κ3) is 4.10. The summed E-state index contributed by atoms with van der Waals surface area (Å²) in [6, 6.07) is 14.7. The van der Waals surface area contributed by atoms with Gasteiger partial charge in [-0.25, -0.2) is 4.79 Å². The minimum atomic E-state index is -0.774. The Balaban J connectivity index is 2.37. The highest BCUT2D eigenvalue weighted by Gasteiger charge is 2.30. The minimum Gasteiger partial charge on any atom is -0.508 e. The Hall–Kier alpha value is -2.82. The normalized spacial score (nSPS) is 11.6. The van der Waals surface area contributed by atoms with E-state index < -0.39 is 12.0 Å². The van der Waals surface area contributed by atoms with Crippen molar-refractivity contribution in [3.05, 3.63) is 60.2 Å². The van der Waals surface area contributed by atoms with Crippen LogP contribution in [0.15, 0.2) is 54.6 Å². The third-order valence-corrected chi connectivity index (χ3v) is 3.52. The van der Waals surface area contributed by atoms with Gasteiger partial charge in [-0.15, -0.1) is 0 Å². The van der Waals surface area contributed by atoms with E-state index in [0.29, 0.717) is 12.1 Å². The number of aromatic hydroxyl groups is 1. The number of amides is 1. The van der Waals surface area contributed by atoms with E-state index in [1.54, 1.807) is 48.5 Å². The van der Waals surface area contributed by atoms with Gasteiger partial charge >= 0.3 is 5.97 Å². The lowest BCUT2D eigenvalue weighted by molar-refractivity contribution is -0.143. The number of phenolic OH excluding ortho intramolecular Hbond substituents is 1. The number of esters is 1. The highest BCUT2D eigenvalue weighted by atomic mass is 16.5. The average Bonchev–Trinajstić information content (AvgIpc) is 2.56. The summed E-state index contributed by atoms with van der Waals surface area (Å²) in [6.07, 6.45) is 0.293. The zero-order chi connectivity index (χ0) is 16.8. The molecule has 2 rings (SSSR count). The number of carbonyl (C=O) groups is 2. The van der Waals surface area contributed by atoms with E-state index in [9.17, 15) is 14.7 Å². The maximum atomic E-state index is 12.2. The van der Waals surface area contributed by atoms with Crippen LogP contribution in [0.2, 0.25) is 0 Å². The van der Waals surface area contributed by atoms with Crippen LogP contribution >= 0.6 is 0 Å². The van der Waals surface area contributed by atoms with E-state index in [-0.39, 0.29) is 11.7 Å². The number of rotatable bonds is 5. The van der Waals surface area contributed by atoms with Crippen LogP contribution in [-0.4, -0.2) is 30.1 Å².